The molecule has 104 valence electrons. The Morgan fingerprint density at radius 2 is 2.11 bits per heavy atom. The smallest absolute Gasteiger partial charge is 0.211 e. The minimum atomic E-state index is -3.44. The number of aliphatic imine (C=N–C) groups is 1. The molecule has 0 aliphatic carbocycles. The normalized spacial score (nSPS) is 18.2. The number of hydrogen-bond donors (Lipinski definition) is 0. The third kappa shape index (κ3) is 3.14. The van der Waals surface area contributed by atoms with Crippen LogP contribution in [0.3, 0.4) is 0 Å². The van der Waals surface area contributed by atoms with Crippen molar-refractivity contribution >= 4 is 43.4 Å². The summed E-state index contributed by atoms with van der Waals surface area (Å²) in [5.74, 6) is 0. The second kappa shape index (κ2) is 5.85. The summed E-state index contributed by atoms with van der Waals surface area (Å²) < 4.78 is 27.3. The molecule has 0 aromatic carbocycles. The van der Waals surface area contributed by atoms with Crippen LogP contribution in [0.5, 0.6) is 0 Å². The molecule has 1 aromatic rings. The van der Waals surface area contributed by atoms with Gasteiger partial charge < -0.3 is 0 Å². The van der Waals surface area contributed by atoms with E-state index in [-0.39, 0.29) is 6.04 Å². The van der Waals surface area contributed by atoms with Crippen LogP contribution < -0.4 is 0 Å². The Labute approximate surface area is 124 Å². The number of nitrogens with zero attached hydrogens (tertiary/aromatic N) is 2. The number of aryl methyl sites for hydroxylation is 1. The maximum atomic E-state index is 12.5. The lowest BCUT2D eigenvalue weighted by Crippen LogP contribution is -2.39. The first-order valence-corrected chi connectivity index (χ1v) is 8.83. The maximum absolute atomic E-state index is 12.5. The Bertz CT molecular complexity index is 612. The molecule has 8 heteroatoms. The Balaban J connectivity index is 2.18. The van der Waals surface area contributed by atoms with Crippen LogP contribution in [0.15, 0.2) is 19.7 Å². The van der Waals surface area contributed by atoms with Crippen molar-refractivity contribution in [3.8, 4) is 0 Å². The van der Waals surface area contributed by atoms with Crippen LogP contribution in [0.4, 0.5) is 0 Å². The van der Waals surface area contributed by atoms with E-state index < -0.39 is 10.0 Å². The number of rotatable bonds is 3. The van der Waals surface area contributed by atoms with Crippen LogP contribution in [-0.4, -0.2) is 37.9 Å². The second-order valence-electron chi connectivity index (χ2n) is 4.33. The van der Waals surface area contributed by atoms with Gasteiger partial charge in [0.15, 0.2) is 0 Å². The van der Waals surface area contributed by atoms with Gasteiger partial charge in [-0.15, -0.1) is 11.3 Å². The Morgan fingerprint density at radius 1 is 1.47 bits per heavy atom. The molecule has 5 nitrogen and oxygen atoms in total. The summed E-state index contributed by atoms with van der Waals surface area (Å²) in [7, 11) is -3.44. The van der Waals surface area contributed by atoms with Crippen LogP contribution in [0.25, 0.3) is 0 Å². The minimum Gasteiger partial charge on any atom is -0.211 e. The summed E-state index contributed by atoms with van der Waals surface area (Å²) in [6, 6.07) is 1.55. The number of halogens is 1. The van der Waals surface area contributed by atoms with Gasteiger partial charge in [0.2, 0.25) is 16.1 Å². The predicted octanol–water partition coefficient (Wildman–Crippen LogP) is 2.31. The van der Waals surface area contributed by atoms with Crippen LogP contribution in [0.1, 0.15) is 17.7 Å². The first-order valence-electron chi connectivity index (χ1n) is 5.78. The number of isocyanates is 1. The van der Waals surface area contributed by atoms with Gasteiger partial charge in [0.1, 0.15) is 0 Å². The molecule has 19 heavy (non-hydrogen) atoms. The molecular formula is C11H13BrN2O3S2. The molecule has 0 saturated carbocycles. The van der Waals surface area contributed by atoms with Crippen molar-refractivity contribution in [1.29, 1.82) is 0 Å². The fourth-order valence-corrected chi connectivity index (χ4v) is 5.96. The second-order valence-corrected chi connectivity index (χ2v) is 8.87. The minimum absolute atomic E-state index is 0.0979. The highest BCUT2D eigenvalue weighted by Gasteiger charge is 2.31. The summed E-state index contributed by atoms with van der Waals surface area (Å²) in [6.45, 7) is 2.59. The van der Waals surface area contributed by atoms with Gasteiger partial charge in [-0.05, 0) is 41.8 Å². The molecule has 0 N–H and O–H groups in total. The standard InChI is InChI=1S/C11H13BrN2O3S2/c1-8-10(6-11(12)18-8)19(16,17)14-4-2-9(3-5-14)13-7-15/h6,9H,2-5H2,1H3. The van der Waals surface area contributed by atoms with Gasteiger partial charge in [-0.1, -0.05) is 0 Å². The van der Waals surface area contributed by atoms with Gasteiger partial charge in [-0.3, -0.25) is 0 Å². The van der Waals surface area contributed by atoms with E-state index in [1.54, 1.807) is 13.0 Å². The highest BCUT2D eigenvalue weighted by molar-refractivity contribution is 9.11. The average molecular weight is 365 g/mol. The van der Waals surface area contributed by atoms with Crippen molar-refractivity contribution in [3.63, 3.8) is 0 Å². The molecule has 0 radical (unpaired) electrons. The maximum Gasteiger partial charge on any atom is 0.244 e. The third-order valence-corrected chi connectivity index (χ3v) is 6.83. The highest BCUT2D eigenvalue weighted by atomic mass is 79.9. The lowest BCUT2D eigenvalue weighted by atomic mass is 10.1. The number of carbonyl (C=O) groups excluding carboxylic acids is 1. The monoisotopic (exact) mass is 364 g/mol. The summed E-state index contributed by atoms with van der Waals surface area (Å²) in [4.78, 5) is 15.0. The topological polar surface area (TPSA) is 66.8 Å². The Morgan fingerprint density at radius 3 is 2.58 bits per heavy atom. The fourth-order valence-electron chi connectivity index (χ4n) is 2.11. The first-order chi connectivity index (χ1) is 8.95. The fraction of sp³-hybridized carbons (Fsp3) is 0.545. The predicted molar refractivity (Wildman–Crippen MR) is 76.7 cm³/mol. The largest absolute Gasteiger partial charge is 0.244 e. The SMILES string of the molecule is Cc1sc(Br)cc1S(=O)(=O)N1CCC(N=C=O)CC1. The molecule has 2 rings (SSSR count). The van der Waals surface area contributed by atoms with Gasteiger partial charge in [-0.2, -0.15) is 4.31 Å². The highest BCUT2D eigenvalue weighted by Crippen LogP contribution is 2.32. The van der Waals surface area contributed by atoms with Crippen molar-refractivity contribution in [2.75, 3.05) is 13.1 Å². The summed E-state index contributed by atoms with van der Waals surface area (Å²) >= 11 is 4.72. The van der Waals surface area contributed by atoms with Crippen molar-refractivity contribution in [2.24, 2.45) is 4.99 Å². The van der Waals surface area contributed by atoms with Gasteiger partial charge in [0.05, 0.1) is 14.7 Å². The zero-order chi connectivity index (χ0) is 14.0. The molecule has 0 atom stereocenters. The molecule has 1 saturated heterocycles. The van der Waals surface area contributed by atoms with Crippen molar-refractivity contribution in [2.45, 2.75) is 30.7 Å². The Hall–Kier alpha value is -0.530. The molecular weight excluding hydrogens is 352 g/mol. The molecule has 1 aliphatic rings. The van der Waals surface area contributed by atoms with Gasteiger partial charge in [-0.25, -0.2) is 18.2 Å². The van der Waals surface area contributed by atoms with Gasteiger partial charge >= 0.3 is 0 Å². The third-order valence-electron chi connectivity index (χ3n) is 3.12. The van der Waals surface area contributed by atoms with E-state index in [9.17, 15) is 13.2 Å². The first kappa shape index (κ1) is 14.9. The van der Waals surface area contributed by atoms with Crippen molar-refractivity contribution < 1.29 is 13.2 Å². The molecule has 0 bridgehead atoms. The lowest BCUT2D eigenvalue weighted by Gasteiger charge is -2.28. The van der Waals surface area contributed by atoms with Gasteiger partial charge in [0.25, 0.3) is 0 Å². The molecule has 1 aromatic heterocycles. The van der Waals surface area contributed by atoms with E-state index >= 15 is 0 Å². The molecule has 0 unspecified atom stereocenters. The quantitative estimate of drug-likeness (QED) is 0.610. The molecule has 0 spiro atoms. The van der Waals surface area contributed by atoms with E-state index in [1.165, 1.54) is 21.7 Å². The summed E-state index contributed by atoms with van der Waals surface area (Å²) in [6.07, 6.45) is 2.67. The van der Waals surface area contributed by atoms with E-state index in [0.29, 0.717) is 30.8 Å². The molecule has 0 amide bonds. The van der Waals surface area contributed by atoms with E-state index in [2.05, 4.69) is 20.9 Å². The van der Waals surface area contributed by atoms with Crippen LogP contribution in [0, 0.1) is 6.92 Å². The van der Waals surface area contributed by atoms with Crippen molar-refractivity contribution in [1.82, 2.24) is 4.31 Å². The summed E-state index contributed by atoms with van der Waals surface area (Å²) in [5, 5.41) is 0. The van der Waals surface area contributed by atoms with E-state index in [4.69, 9.17) is 0 Å². The number of sulfonamides is 1. The number of hydrogen-bond acceptors (Lipinski definition) is 5. The summed E-state index contributed by atoms with van der Waals surface area (Å²) in [5.41, 5.74) is 0. The van der Waals surface area contributed by atoms with E-state index in [0.717, 1.165) is 8.66 Å². The number of thiophene rings is 1. The van der Waals surface area contributed by atoms with Gasteiger partial charge in [0, 0.05) is 18.0 Å². The zero-order valence-electron chi connectivity index (χ0n) is 10.3. The van der Waals surface area contributed by atoms with Crippen LogP contribution >= 0.6 is 27.3 Å². The Kier molecular flexibility index (Phi) is 4.58. The van der Waals surface area contributed by atoms with Crippen LogP contribution in [-0.2, 0) is 14.8 Å². The lowest BCUT2D eigenvalue weighted by molar-refractivity contribution is 0.320. The van der Waals surface area contributed by atoms with E-state index in [1.807, 2.05) is 0 Å². The van der Waals surface area contributed by atoms with Crippen LogP contribution in [0.2, 0.25) is 0 Å². The van der Waals surface area contributed by atoms with Crippen molar-refractivity contribution in [3.05, 3.63) is 14.7 Å². The molecule has 1 fully saturated rings. The molecule has 1 aliphatic heterocycles. The molecule has 2 heterocycles. The number of piperidine rings is 1. The average Bonchev–Trinajstić information content (AvgIpc) is 2.70. The zero-order valence-corrected chi connectivity index (χ0v) is 13.5.